The van der Waals surface area contributed by atoms with Gasteiger partial charge in [0, 0.05) is 19.6 Å². The van der Waals surface area contributed by atoms with Gasteiger partial charge in [0.1, 0.15) is 0 Å². The van der Waals surface area contributed by atoms with Gasteiger partial charge in [-0.05, 0) is 12.8 Å². The molecule has 0 spiro atoms. The van der Waals surface area contributed by atoms with Gasteiger partial charge in [-0.15, -0.1) is 0 Å². The van der Waals surface area contributed by atoms with Crippen molar-refractivity contribution in [3.8, 4) is 0 Å². The Labute approximate surface area is 56.2 Å². The third kappa shape index (κ3) is 2.33. The molecule has 1 aliphatic rings. The molecule has 0 amide bonds. The highest BCUT2D eigenvalue weighted by atomic mass is 16.5. The fraction of sp³-hybridized carbons (Fsp3) is 1.00. The van der Waals surface area contributed by atoms with Crippen molar-refractivity contribution < 1.29 is 9.47 Å². The second kappa shape index (κ2) is 3.85. The van der Waals surface area contributed by atoms with Crippen LogP contribution in [0.2, 0.25) is 0 Å². The van der Waals surface area contributed by atoms with E-state index in [1.165, 1.54) is 12.8 Å². The van der Waals surface area contributed by atoms with Crippen LogP contribution in [0.15, 0.2) is 0 Å². The average Bonchev–Trinajstić information content (AvgIpc) is 1.91. The second-order valence-electron chi connectivity index (χ2n) is 2.54. The third-order valence-electron chi connectivity index (χ3n) is 1.66. The molecule has 54 valence electrons. The molecule has 1 saturated heterocycles. The quantitative estimate of drug-likeness (QED) is 0.556. The number of ether oxygens (including phenoxy) is 2. The summed E-state index contributed by atoms with van der Waals surface area (Å²) in [6, 6.07) is 0. The van der Waals surface area contributed by atoms with Gasteiger partial charge in [0.2, 0.25) is 0 Å². The van der Waals surface area contributed by atoms with Gasteiger partial charge in [-0.3, -0.25) is 0 Å². The summed E-state index contributed by atoms with van der Waals surface area (Å²) in [6.07, 6.45) is 2.47. The van der Waals surface area contributed by atoms with Crippen LogP contribution < -0.4 is 0 Å². The fourth-order valence-electron chi connectivity index (χ4n) is 1.17. The van der Waals surface area contributed by atoms with Crippen molar-refractivity contribution in [2.24, 2.45) is 5.92 Å². The number of methoxy groups -OCH3 is 1. The highest BCUT2D eigenvalue weighted by Gasteiger charge is 2.12. The van der Waals surface area contributed by atoms with Gasteiger partial charge < -0.3 is 9.47 Å². The minimum atomic E-state index is 0.656. The topological polar surface area (TPSA) is 18.5 Å². The molecule has 1 fully saturated rings. The van der Waals surface area contributed by atoms with Crippen molar-refractivity contribution >= 4 is 0 Å². The Morgan fingerprint density at radius 2 is 2.56 bits per heavy atom. The Balaban J connectivity index is 2.08. The maximum atomic E-state index is 5.25. The standard InChI is InChI=1S/C7H14O2/c1-8-5-7-3-2-4-9-6-7/h7H,2-6H2,1H3. The minimum Gasteiger partial charge on any atom is -0.384 e. The fourth-order valence-corrected chi connectivity index (χ4v) is 1.17. The monoisotopic (exact) mass is 130 g/mol. The number of hydrogen-bond donors (Lipinski definition) is 0. The van der Waals surface area contributed by atoms with Gasteiger partial charge in [0.05, 0.1) is 13.2 Å². The molecule has 2 nitrogen and oxygen atoms in total. The van der Waals surface area contributed by atoms with Crippen LogP contribution in [0.4, 0.5) is 0 Å². The zero-order chi connectivity index (χ0) is 6.53. The first-order chi connectivity index (χ1) is 4.43. The van der Waals surface area contributed by atoms with Gasteiger partial charge >= 0.3 is 0 Å². The summed E-state index contributed by atoms with van der Waals surface area (Å²) < 4.78 is 10.3. The molecule has 0 aromatic carbocycles. The molecule has 9 heavy (non-hydrogen) atoms. The van der Waals surface area contributed by atoms with E-state index in [4.69, 9.17) is 9.47 Å². The lowest BCUT2D eigenvalue weighted by Crippen LogP contribution is -2.20. The maximum Gasteiger partial charge on any atom is 0.0516 e. The second-order valence-corrected chi connectivity index (χ2v) is 2.54. The zero-order valence-corrected chi connectivity index (χ0v) is 5.93. The van der Waals surface area contributed by atoms with Crippen LogP contribution in [0.25, 0.3) is 0 Å². The van der Waals surface area contributed by atoms with E-state index in [1.54, 1.807) is 7.11 Å². The molecule has 1 rings (SSSR count). The molecule has 0 saturated carbocycles. The highest BCUT2D eigenvalue weighted by Crippen LogP contribution is 2.12. The lowest BCUT2D eigenvalue weighted by atomic mass is 10.0. The van der Waals surface area contributed by atoms with E-state index in [0.717, 1.165) is 19.8 Å². The molecule has 1 heterocycles. The van der Waals surface area contributed by atoms with E-state index in [1.807, 2.05) is 0 Å². The van der Waals surface area contributed by atoms with Gasteiger partial charge in [-0.1, -0.05) is 0 Å². The Kier molecular flexibility index (Phi) is 3.01. The van der Waals surface area contributed by atoms with Gasteiger partial charge in [0.15, 0.2) is 0 Å². The summed E-state index contributed by atoms with van der Waals surface area (Å²) in [7, 11) is 1.74. The molecule has 1 unspecified atom stereocenters. The van der Waals surface area contributed by atoms with Crippen molar-refractivity contribution in [2.45, 2.75) is 12.8 Å². The Morgan fingerprint density at radius 3 is 3.11 bits per heavy atom. The van der Waals surface area contributed by atoms with Crippen LogP contribution in [-0.2, 0) is 9.47 Å². The smallest absolute Gasteiger partial charge is 0.0516 e. The Bertz CT molecular complexity index is 64.6. The predicted octanol–water partition coefficient (Wildman–Crippen LogP) is 1.06. The molecule has 0 radical (unpaired) electrons. The molecular weight excluding hydrogens is 116 g/mol. The molecule has 0 bridgehead atoms. The van der Waals surface area contributed by atoms with E-state index in [9.17, 15) is 0 Å². The lowest BCUT2D eigenvalue weighted by Gasteiger charge is -2.20. The number of rotatable bonds is 2. The van der Waals surface area contributed by atoms with Crippen molar-refractivity contribution in [1.29, 1.82) is 0 Å². The first-order valence-electron chi connectivity index (χ1n) is 3.50. The maximum absolute atomic E-state index is 5.25. The SMILES string of the molecule is COCC1CCCOC1. The van der Waals surface area contributed by atoms with Gasteiger partial charge in [0.25, 0.3) is 0 Å². The third-order valence-corrected chi connectivity index (χ3v) is 1.66. The minimum absolute atomic E-state index is 0.656. The van der Waals surface area contributed by atoms with E-state index < -0.39 is 0 Å². The lowest BCUT2D eigenvalue weighted by molar-refractivity contribution is 0.0188. The van der Waals surface area contributed by atoms with Crippen LogP contribution in [0.5, 0.6) is 0 Å². The molecule has 1 aliphatic heterocycles. The number of hydrogen-bond acceptors (Lipinski definition) is 2. The average molecular weight is 130 g/mol. The first kappa shape index (κ1) is 7.03. The summed E-state index contributed by atoms with van der Waals surface area (Å²) in [5.41, 5.74) is 0. The molecule has 0 N–H and O–H groups in total. The summed E-state index contributed by atoms with van der Waals surface area (Å²) >= 11 is 0. The molecule has 1 atom stereocenters. The van der Waals surface area contributed by atoms with Crippen molar-refractivity contribution in [2.75, 3.05) is 26.9 Å². The highest BCUT2D eigenvalue weighted by molar-refractivity contribution is 4.61. The summed E-state index contributed by atoms with van der Waals surface area (Å²) in [5, 5.41) is 0. The van der Waals surface area contributed by atoms with Crippen LogP contribution in [-0.4, -0.2) is 26.9 Å². The summed E-state index contributed by atoms with van der Waals surface area (Å²) in [4.78, 5) is 0. The van der Waals surface area contributed by atoms with E-state index in [-0.39, 0.29) is 0 Å². The Morgan fingerprint density at radius 1 is 1.67 bits per heavy atom. The Hall–Kier alpha value is -0.0800. The van der Waals surface area contributed by atoms with Crippen molar-refractivity contribution in [3.05, 3.63) is 0 Å². The van der Waals surface area contributed by atoms with Crippen LogP contribution in [0, 0.1) is 5.92 Å². The van der Waals surface area contributed by atoms with E-state index in [0.29, 0.717) is 5.92 Å². The van der Waals surface area contributed by atoms with Crippen molar-refractivity contribution in [1.82, 2.24) is 0 Å². The normalized spacial score (nSPS) is 28.3. The molecule has 0 aromatic rings. The van der Waals surface area contributed by atoms with Crippen LogP contribution >= 0.6 is 0 Å². The molecular formula is C7H14O2. The van der Waals surface area contributed by atoms with Gasteiger partial charge in [-0.25, -0.2) is 0 Å². The van der Waals surface area contributed by atoms with Crippen LogP contribution in [0.1, 0.15) is 12.8 Å². The molecule has 2 heteroatoms. The zero-order valence-electron chi connectivity index (χ0n) is 5.93. The van der Waals surface area contributed by atoms with Gasteiger partial charge in [-0.2, -0.15) is 0 Å². The van der Waals surface area contributed by atoms with Crippen LogP contribution in [0.3, 0.4) is 0 Å². The summed E-state index contributed by atoms with van der Waals surface area (Å²) in [5.74, 6) is 0.656. The van der Waals surface area contributed by atoms with Crippen molar-refractivity contribution in [3.63, 3.8) is 0 Å². The predicted molar refractivity (Wildman–Crippen MR) is 35.4 cm³/mol. The molecule has 0 aliphatic carbocycles. The molecule has 0 aromatic heterocycles. The van der Waals surface area contributed by atoms with E-state index in [2.05, 4.69) is 0 Å². The summed E-state index contributed by atoms with van der Waals surface area (Å²) in [6.45, 7) is 2.70. The first-order valence-corrected chi connectivity index (χ1v) is 3.50. The largest absolute Gasteiger partial charge is 0.384 e. The van der Waals surface area contributed by atoms with E-state index >= 15 is 0 Å².